The molecule has 0 N–H and O–H groups in total. The van der Waals surface area contributed by atoms with Gasteiger partial charge in [0, 0.05) is 6.20 Å². The largest absolute Gasteiger partial charge is 0.308 e. The molecule has 0 aromatic carbocycles. The highest BCUT2D eigenvalue weighted by Gasteiger charge is 2.29. The van der Waals surface area contributed by atoms with E-state index in [0.717, 1.165) is 17.6 Å². The van der Waals surface area contributed by atoms with Crippen LogP contribution in [-0.2, 0) is 15.7 Å². The van der Waals surface area contributed by atoms with E-state index in [1.807, 2.05) is 16.7 Å². The zero-order valence-corrected chi connectivity index (χ0v) is 11.9. The van der Waals surface area contributed by atoms with Crippen LogP contribution in [0, 0.1) is 0 Å². The lowest BCUT2D eigenvalue weighted by Gasteiger charge is -2.24. The standard InChI is InChI=1S/C12H14ClN3O2S/c13-7-11-15-10-4-1-5-14-12(10)16(11)9-3-2-6-19(17,18)8-9/h1,4-5,9H,2-3,6-8H2. The minimum Gasteiger partial charge on any atom is -0.308 e. The molecule has 1 fully saturated rings. The number of pyridine rings is 1. The van der Waals surface area contributed by atoms with Crippen LogP contribution in [0.2, 0.25) is 0 Å². The molecule has 19 heavy (non-hydrogen) atoms. The summed E-state index contributed by atoms with van der Waals surface area (Å²) in [6, 6.07) is 3.58. The molecule has 1 unspecified atom stereocenters. The van der Waals surface area contributed by atoms with E-state index in [9.17, 15) is 8.42 Å². The second kappa shape index (κ2) is 4.76. The van der Waals surface area contributed by atoms with Crippen molar-refractivity contribution in [3.8, 4) is 0 Å². The minimum atomic E-state index is -2.97. The molecule has 1 atom stereocenters. The van der Waals surface area contributed by atoms with Gasteiger partial charge in [0.15, 0.2) is 15.5 Å². The molecule has 0 bridgehead atoms. The van der Waals surface area contributed by atoms with Crippen molar-refractivity contribution in [1.82, 2.24) is 14.5 Å². The number of fused-ring (bicyclic) bond motifs is 1. The van der Waals surface area contributed by atoms with Crippen LogP contribution in [0.1, 0.15) is 24.7 Å². The molecule has 0 saturated carbocycles. The molecule has 7 heteroatoms. The van der Waals surface area contributed by atoms with Crippen LogP contribution in [0.4, 0.5) is 0 Å². The number of halogens is 1. The Kier molecular flexibility index (Phi) is 3.22. The number of hydrogen-bond donors (Lipinski definition) is 0. The van der Waals surface area contributed by atoms with Gasteiger partial charge in [-0.2, -0.15) is 0 Å². The molecule has 0 aliphatic carbocycles. The molecule has 1 saturated heterocycles. The summed E-state index contributed by atoms with van der Waals surface area (Å²) in [5, 5.41) is 0. The van der Waals surface area contributed by atoms with E-state index in [0.29, 0.717) is 12.2 Å². The van der Waals surface area contributed by atoms with Crippen molar-refractivity contribution < 1.29 is 8.42 Å². The van der Waals surface area contributed by atoms with E-state index >= 15 is 0 Å². The van der Waals surface area contributed by atoms with Crippen LogP contribution < -0.4 is 0 Å². The van der Waals surface area contributed by atoms with Crippen molar-refractivity contribution in [2.24, 2.45) is 0 Å². The Labute approximate surface area is 116 Å². The Morgan fingerprint density at radius 3 is 3.05 bits per heavy atom. The van der Waals surface area contributed by atoms with Gasteiger partial charge in [0.2, 0.25) is 0 Å². The minimum absolute atomic E-state index is 0.104. The van der Waals surface area contributed by atoms with Crippen LogP contribution in [-0.4, -0.2) is 34.5 Å². The maximum Gasteiger partial charge on any atom is 0.160 e. The van der Waals surface area contributed by atoms with Gasteiger partial charge in [-0.3, -0.25) is 0 Å². The van der Waals surface area contributed by atoms with Gasteiger partial charge in [-0.1, -0.05) is 0 Å². The Balaban J connectivity index is 2.13. The van der Waals surface area contributed by atoms with Gasteiger partial charge < -0.3 is 4.57 Å². The number of alkyl halides is 1. The molecule has 1 aliphatic rings. The fraction of sp³-hybridized carbons (Fsp3) is 0.500. The molecule has 0 radical (unpaired) electrons. The van der Waals surface area contributed by atoms with Gasteiger partial charge in [-0.25, -0.2) is 18.4 Å². The first-order chi connectivity index (χ1) is 9.11. The highest BCUT2D eigenvalue weighted by molar-refractivity contribution is 7.91. The van der Waals surface area contributed by atoms with Gasteiger partial charge in [0.05, 0.1) is 23.4 Å². The fourth-order valence-corrected chi connectivity index (χ4v) is 4.52. The summed E-state index contributed by atoms with van der Waals surface area (Å²) in [5.41, 5.74) is 1.49. The summed E-state index contributed by atoms with van der Waals surface area (Å²) >= 11 is 5.93. The third-order valence-corrected chi connectivity index (χ3v) is 5.49. The fourth-order valence-electron chi connectivity index (χ4n) is 2.66. The summed E-state index contributed by atoms with van der Waals surface area (Å²) in [4.78, 5) is 8.75. The normalized spacial score (nSPS) is 22.7. The number of nitrogens with zero attached hydrogens (tertiary/aromatic N) is 3. The molecule has 0 spiro atoms. The van der Waals surface area contributed by atoms with Crippen LogP contribution in [0.25, 0.3) is 11.2 Å². The Bertz CT molecular complexity index is 711. The van der Waals surface area contributed by atoms with Crippen molar-refractivity contribution in [3.63, 3.8) is 0 Å². The SMILES string of the molecule is O=S1(=O)CCCC(n2c(CCl)nc3cccnc32)C1. The topological polar surface area (TPSA) is 64.8 Å². The van der Waals surface area contributed by atoms with Gasteiger partial charge >= 0.3 is 0 Å². The average molecular weight is 300 g/mol. The number of sulfone groups is 1. The Morgan fingerprint density at radius 1 is 1.47 bits per heavy atom. The molecule has 0 amide bonds. The maximum atomic E-state index is 11.8. The number of imidazole rings is 1. The molecule has 1 aliphatic heterocycles. The van der Waals surface area contributed by atoms with Crippen LogP contribution >= 0.6 is 11.6 Å². The summed E-state index contributed by atoms with van der Waals surface area (Å²) in [5.74, 6) is 1.38. The molecular formula is C12H14ClN3O2S. The summed E-state index contributed by atoms with van der Waals surface area (Å²) in [7, 11) is -2.97. The lowest BCUT2D eigenvalue weighted by atomic mass is 10.2. The predicted octanol–water partition coefficient (Wildman–Crippen LogP) is 1.92. The lowest BCUT2D eigenvalue weighted by Crippen LogP contribution is -2.28. The lowest BCUT2D eigenvalue weighted by molar-refractivity contribution is 0.469. The van der Waals surface area contributed by atoms with E-state index in [1.54, 1.807) is 6.20 Å². The maximum absolute atomic E-state index is 11.8. The highest BCUT2D eigenvalue weighted by atomic mass is 35.5. The van der Waals surface area contributed by atoms with Crippen molar-refractivity contribution >= 4 is 32.6 Å². The Hall–Kier alpha value is -1.14. The molecule has 3 rings (SSSR count). The highest BCUT2D eigenvalue weighted by Crippen LogP contribution is 2.28. The van der Waals surface area contributed by atoms with E-state index in [2.05, 4.69) is 9.97 Å². The number of rotatable bonds is 2. The summed E-state index contributed by atoms with van der Waals surface area (Å²) in [6.45, 7) is 0. The summed E-state index contributed by atoms with van der Waals surface area (Å²) < 4.78 is 25.5. The van der Waals surface area contributed by atoms with E-state index in [1.165, 1.54) is 0 Å². The zero-order chi connectivity index (χ0) is 13.5. The van der Waals surface area contributed by atoms with Crippen molar-refractivity contribution in [2.75, 3.05) is 11.5 Å². The second-order valence-electron chi connectivity index (χ2n) is 4.79. The number of hydrogen-bond acceptors (Lipinski definition) is 4. The molecule has 5 nitrogen and oxygen atoms in total. The van der Waals surface area contributed by atoms with E-state index in [4.69, 9.17) is 11.6 Å². The molecule has 2 aromatic heterocycles. The first kappa shape index (κ1) is 12.9. The molecule has 2 aromatic rings. The zero-order valence-electron chi connectivity index (χ0n) is 10.3. The Morgan fingerprint density at radius 2 is 2.32 bits per heavy atom. The number of aromatic nitrogens is 3. The van der Waals surface area contributed by atoms with Crippen molar-refractivity contribution in [2.45, 2.75) is 24.8 Å². The third kappa shape index (κ3) is 2.34. The summed E-state index contributed by atoms with van der Waals surface area (Å²) in [6.07, 6.45) is 3.20. The second-order valence-corrected chi connectivity index (χ2v) is 7.28. The molecular weight excluding hydrogens is 286 g/mol. The smallest absolute Gasteiger partial charge is 0.160 e. The molecule has 3 heterocycles. The first-order valence-electron chi connectivity index (χ1n) is 6.19. The van der Waals surface area contributed by atoms with Crippen molar-refractivity contribution in [3.05, 3.63) is 24.2 Å². The average Bonchev–Trinajstić information content (AvgIpc) is 2.75. The van der Waals surface area contributed by atoms with Gasteiger partial charge in [0.25, 0.3) is 0 Å². The van der Waals surface area contributed by atoms with Gasteiger partial charge in [-0.05, 0) is 25.0 Å². The van der Waals surface area contributed by atoms with Gasteiger partial charge in [0.1, 0.15) is 11.3 Å². The van der Waals surface area contributed by atoms with Crippen molar-refractivity contribution in [1.29, 1.82) is 0 Å². The van der Waals surface area contributed by atoms with Gasteiger partial charge in [-0.15, -0.1) is 11.6 Å². The predicted molar refractivity (Wildman–Crippen MR) is 74.0 cm³/mol. The van der Waals surface area contributed by atoms with Crippen LogP contribution in [0.3, 0.4) is 0 Å². The molecule has 102 valence electrons. The van der Waals surface area contributed by atoms with E-state index in [-0.39, 0.29) is 23.4 Å². The quantitative estimate of drug-likeness (QED) is 0.795. The van der Waals surface area contributed by atoms with Crippen LogP contribution in [0.15, 0.2) is 18.3 Å². The van der Waals surface area contributed by atoms with E-state index < -0.39 is 9.84 Å². The first-order valence-corrected chi connectivity index (χ1v) is 8.54. The monoisotopic (exact) mass is 299 g/mol. The van der Waals surface area contributed by atoms with Crippen LogP contribution in [0.5, 0.6) is 0 Å². The third-order valence-electron chi connectivity index (χ3n) is 3.45.